The Morgan fingerprint density at radius 1 is 0.944 bits per heavy atom. The molecule has 1 atom stereocenters. The van der Waals surface area contributed by atoms with Crippen LogP contribution in [0.25, 0.3) is 0 Å². The summed E-state index contributed by atoms with van der Waals surface area (Å²) >= 11 is 0. The molecule has 36 heavy (non-hydrogen) atoms. The third-order valence-corrected chi connectivity index (χ3v) is 11.4. The van der Waals surface area contributed by atoms with Gasteiger partial charge in [0.15, 0.2) is 0 Å². The summed E-state index contributed by atoms with van der Waals surface area (Å²) in [5.74, 6) is 0. The molecular formula is C27H39NO6SSi. The van der Waals surface area contributed by atoms with Crippen molar-refractivity contribution in [3.63, 3.8) is 0 Å². The van der Waals surface area contributed by atoms with Crippen molar-refractivity contribution in [3.8, 4) is 0 Å². The fraction of sp³-hybridized carbons (Fsp3) is 0.444. The van der Waals surface area contributed by atoms with Crippen LogP contribution >= 0.6 is 0 Å². The molecule has 2 aromatic rings. The van der Waals surface area contributed by atoms with E-state index in [0.29, 0.717) is 0 Å². The summed E-state index contributed by atoms with van der Waals surface area (Å²) in [7, 11) is -6.81. The zero-order valence-electron chi connectivity index (χ0n) is 22.3. The van der Waals surface area contributed by atoms with Crippen molar-refractivity contribution in [2.45, 2.75) is 65.1 Å². The lowest BCUT2D eigenvalue weighted by Gasteiger charge is -2.43. The molecule has 0 aromatic heterocycles. The van der Waals surface area contributed by atoms with E-state index >= 15 is 0 Å². The van der Waals surface area contributed by atoms with Gasteiger partial charge in [-0.25, -0.2) is 4.79 Å². The first kappa shape index (κ1) is 29.8. The SMILES string of the molecule is CCOS(=O)(=O)/C=C/[C@H](CO[Si](c1ccccc1)(c1ccccc1)C(C)(C)C)NC(=O)OC(C)(C)C. The summed E-state index contributed by atoms with van der Waals surface area (Å²) in [5, 5.41) is 5.56. The summed E-state index contributed by atoms with van der Waals surface area (Å²) in [6, 6.07) is 19.4. The number of alkyl carbamates (subject to hydrolysis) is 1. The second kappa shape index (κ2) is 12.2. The lowest BCUT2D eigenvalue weighted by Crippen LogP contribution is -2.67. The van der Waals surface area contributed by atoms with Crippen molar-refractivity contribution in [2.75, 3.05) is 13.2 Å². The Hall–Kier alpha value is -2.46. The standard InChI is InChI=1S/C27H39NO6SSi/c1-8-32-35(30,31)20-19-22(28-25(29)34-26(2,3)4)21-33-36(27(5,6)7,23-15-11-9-12-16-23)24-17-13-10-14-18-24/h9-20,22H,8,21H2,1-7H3,(H,28,29)/b20-19+/t22-/m1/s1. The second-order valence-electron chi connectivity index (χ2n) is 10.5. The van der Waals surface area contributed by atoms with Crippen molar-refractivity contribution >= 4 is 34.9 Å². The Balaban J connectivity index is 2.51. The number of ether oxygens (including phenoxy) is 1. The summed E-state index contributed by atoms with van der Waals surface area (Å²) in [6.45, 7) is 13.3. The predicted molar refractivity (Wildman–Crippen MR) is 146 cm³/mol. The number of carbonyl (C=O) groups excluding carboxylic acids is 1. The van der Waals surface area contributed by atoms with Crippen LogP contribution in [0.2, 0.25) is 5.04 Å². The summed E-state index contributed by atoms with van der Waals surface area (Å²) in [6.07, 6.45) is 0.698. The first-order valence-corrected chi connectivity index (χ1v) is 15.4. The van der Waals surface area contributed by atoms with E-state index in [0.717, 1.165) is 15.8 Å². The van der Waals surface area contributed by atoms with Gasteiger partial charge in [-0.3, -0.25) is 4.18 Å². The minimum atomic E-state index is -3.90. The smallest absolute Gasteiger partial charge is 0.408 e. The van der Waals surface area contributed by atoms with Gasteiger partial charge in [0.25, 0.3) is 18.4 Å². The third-order valence-electron chi connectivity index (χ3n) is 5.36. The molecule has 0 spiro atoms. The van der Waals surface area contributed by atoms with Crippen molar-refractivity contribution in [3.05, 3.63) is 72.1 Å². The van der Waals surface area contributed by atoms with Crippen LogP contribution in [0.1, 0.15) is 48.5 Å². The van der Waals surface area contributed by atoms with Gasteiger partial charge in [0.1, 0.15) is 5.60 Å². The van der Waals surface area contributed by atoms with Crippen LogP contribution < -0.4 is 15.7 Å². The van der Waals surface area contributed by atoms with Crippen LogP contribution in [0.5, 0.6) is 0 Å². The molecule has 1 N–H and O–H groups in total. The molecule has 0 fully saturated rings. The van der Waals surface area contributed by atoms with E-state index in [9.17, 15) is 13.2 Å². The Labute approximate surface area is 217 Å². The second-order valence-corrected chi connectivity index (χ2v) is 16.3. The van der Waals surface area contributed by atoms with Crippen LogP contribution in [-0.2, 0) is 23.5 Å². The van der Waals surface area contributed by atoms with E-state index < -0.39 is 36.2 Å². The fourth-order valence-electron chi connectivity index (χ4n) is 3.98. The molecule has 0 bridgehead atoms. The average molecular weight is 534 g/mol. The highest BCUT2D eigenvalue weighted by Crippen LogP contribution is 2.36. The van der Waals surface area contributed by atoms with Gasteiger partial charge in [-0.05, 0) is 49.2 Å². The number of carbonyl (C=O) groups is 1. The lowest BCUT2D eigenvalue weighted by molar-refractivity contribution is 0.0500. The monoisotopic (exact) mass is 533 g/mol. The molecule has 0 saturated carbocycles. The summed E-state index contributed by atoms with van der Waals surface area (Å²) in [5.41, 5.74) is -0.714. The zero-order chi connectivity index (χ0) is 27.0. The van der Waals surface area contributed by atoms with Crippen molar-refractivity contribution in [1.82, 2.24) is 5.32 Å². The Bertz CT molecular complexity index is 1070. The molecular weight excluding hydrogens is 494 g/mol. The minimum Gasteiger partial charge on any atom is -0.444 e. The topological polar surface area (TPSA) is 90.9 Å². The summed E-state index contributed by atoms with van der Waals surface area (Å²) < 4.78 is 41.4. The Kier molecular flexibility index (Phi) is 10.1. The normalized spacial score (nSPS) is 14.0. The number of nitrogens with one attached hydrogen (secondary N) is 1. The van der Waals surface area contributed by atoms with Gasteiger partial charge in [0.2, 0.25) is 0 Å². The average Bonchev–Trinajstić information content (AvgIpc) is 2.77. The van der Waals surface area contributed by atoms with E-state index in [1.165, 1.54) is 6.08 Å². The van der Waals surface area contributed by atoms with E-state index in [1.807, 2.05) is 36.4 Å². The molecule has 2 aromatic carbocycles. The molecule has 1 amide bonds. The number of benzene rings is 2. The van der Waals surface area contributed by atoms with Gasteiger partial charge >= 0.3 is 6.09 Å². The Morgan fingerprint density at radius 3 is 1.86 bits per heavy atom. The number of amides is 1. The number of rotatable bonds is 10. The van der Waals surface area contributed by atoms with Crippen LogP contribution in [-0.4, -0.2) is 47.7 Å². The van der Waals surface area contributed by atoms with Gasteiger partial charge in [0, 0.05) is 0 Å². The number of hydrogen-bond acceptors (Lipinski definition) is 6. The summed E-state index contributed by atoms with van der Waals surface area (Å²) in [4.78, 5) is 12.6. The van der Waals surface area contributed by atoms with Crippen molar-refractivity contribution in [1.29, 1.82) is 0 Å². The van der Waals surface area contributed by atoms with E-state index in [1.54, 1.807) is 27.7 Å². The molecule has 2 rings (SSSR count). The maximum Gasteiger partial charge on any atom is 0.408 e. The molecule has 7 nitrogen and oxygen atoms in total. The largest absolute Gasteiger partial charge is 0.444 e. The molecule has 0 aliphatic carbocycles. The molecule has 9 heteroatoms. The highest BCUT2D eigenvalue weighted by Gasteiger charge is 2.50. The van der Waals surface area contributed by atoms with E-state index in [-0.39, 0.29) is 18.3 Å². The lowest BCUT2D eigenvalue weighted by atomic mass is 10.2. The zero-order valence-corrected chi connectivity index (χ0v) is 24.1. The van der Waals surface area contributed by atoms with Gasteiger partial charge in [-0.15, -0.1) is 0 Å². The molecule has 198 valence electrons. The van der Waals surface area contributed by atoms with Gasteiger partial charge in [0.05, 0.1) is 24.7 Å². The van der Waals surface area contributed by atoms with Crippen LogP contribution in [0.3, 0.4) is 0 Å². The van der Waals surface area contributed by atoms with Gasteiger partial charge < -0.3 is 14.5 Å². The fourth-order valence-corrected chi connectivity index (χ4v) is 9.35. The quantitative estimate of drug-likeness (QED) is 0.361. The highest BCUT2D eigenvalue weighted by molar-refractivity contribution is 7.89. The molecule has 0 saturated heterocycles. The predicted octanol–water partition coefficient (Wildman–Crippen LogP) is 4.34. The maximum absolute atomic E-state index is 12.6. The molecule has 0 unspecified atom stereocenters. The molecule has 0 heterocycles. The number of hydrogen-bond donors (Lipinski definition) is 1. The molecule has 0 radical (unpaired) electrons. The first-order chi connectivity index (χ1) is 16.7. The Morgan fingerprint density at radius 2 is 1.44 bits per heavy atom. The third kappa shape index (κ3) is 8.30. The molecule has 0 aliphatic heterocycles. The minimum absolute atomic E-state index is 0.00932. The van der Waals surface area contributed by atoms with Crippen LogP contribution in [0.4, 0.5) is 4.79 Å². The van der Waals surface area contributed by atoms with Crippen LogP contribution in [0.15, 0.2) is 72.1 Å². The van der Waals surface area contributed by atoms with Gasteiger partial charge in [-0.1, -0.05) is 81.4 Å². The molecule has 0 aliphatic rings. The first-order valence-electron chi connectivity index (χ1n) is 12.0. The van der Waals surface area contributed by atoms with Crippen molar-refractivity contribution in [2.24, 2.45) is 0 Å². The van der Waals surface area contributed by atoms with Crippen molar-refractivity contribution < 1.29 is 26.6 Å². The van der Waals surface area contributed by atoms with Gasteiger partial charge in [-0.2, -0.15) is 8.42 Å². The highest BCUT2D eigenvalue weighted by atomic mass is 32.2. The van der Waals surface area contributed by atoms with E-state index in [2.05, 4.69) is 50.4 Å². The maximum atomic E-state index is 12.6. The van der Waals surface area contributed by atoms with Crippen LogP contribution in [0, 0.1) is 0 Å². The van der Waals surface area contributed by atoms with E-state index in [4.69, 9.17) is 13.3 Å².